The summed E-state index contributed by atoms with van der Waals surface area (Å²) in [6.07, 6.45) is 0.192. The van der Waals surface area contributed by atoms with E-state index in [1.54, 1.807) is 74.8 Å². The highest BCUT2D eigenvalue weighted by molar-refractivity contribution is 8.00. The van der Waals surface area contributed by atoms with E-state index in [4.69, 9.17) is 17.2 Å². The molecule has 8 rings (SSSR count). The molecule has 41 heteroatoms. The summed E-state index contributed by atoms with van der Waals surface area (Å²) in [5, 5.41) is 54.8. The normalized spacial score (nSPS) is 25.0. The summed E-state index contributed by atoms with van der Waals surface area (Å²) < 4.78 is 0. The van der Waals surface area contributed by atoms with Gasteiger partial charge < -0.3 is 114 Å². The molecule has 19 N–H and O–H groups in total. The van der Waals surface area contributed by atoms with E-state index >= 15 is 33.6 Å². The van der Waals surface area contributed by atoms with Gasteiger partial charge in [0.05, 0.1) is 44.0 Å². The van der Waals surface area contributed by atoms with Crippen LogP contribution in [0.1, 0.15) is 141 Å². The zero-order valence-corrected chi connectivity index (χ0v) is 75.0. The van der Waals surface area contributed by atoms with Gasteiger partial charge in [0.2, 0.25) is 100 Å². The molecule has 0 aliphatic carbocycles. The van der Waals surface area contributed by atoms with Gasteiger partial charge in [-0.3, -0.25) is 86.3 Å². The van der Waals surface area contributed by atoms with Gasteiger partial charge in [0.15, 0.2) is 5.78 Å². The summed E-state index contributed by atoms with van der Waals surface area (Å²) >= 11 is 0.791. The van der Waals surface area contributed by atoms with Crippen LogP contribution in [-0.4, -0.2) is 312 Å². The summed E-state index contributed by atoms with van der Waals surface area (Å²) in [6, 6.07) is 1.34. The number of likely N-dealkylation sites (N-methyl/N-ethyl adjacent to an activating group) is 4. The number of Topliss-reactive ketones (excluding diaryl/α,β-unsaturated/α-hetero) is 1. The van der Waals surface area contributed by atoms with E-state index in [1.807, 2.05) is 13.8 Å². The first-order valence-electron chi connectivity index (χ1n) is 43.4. The monoisotopic (exact) mass is 1810 g/mol. The molecule has 0 radical (unpaired) electrons. The van der Waals surface area contributed by atoms with Crippen molar-refractivity contribution in [2.75, 3.05) is 72.5 Å². The first-order chi connectivity index (χ1) is 61.2. The largest absolute Gasteiger partial charge is 0.508 e. The maximum absolute atomic E-state index is 15.7. The minimum absolute atomic E-state index is 0.00141. The number of rotatable bonds is 23. The average molecular weight is 1820 g/mol. The number of aromatic nitrogens is 2. The fourth-order valence-corrected chi connectivity index (χ4v) is 17.1. The SMILES string of the molecule is CCCC[C@H]1C(=O)N(C)[C@@H](CCCC)C(=O)N[C@@H](CC(C)C)C(=O)N[C@H](C(=O)NCC(N)=O)CSCC(=O)N[C@@H](Cc2ccc(O)cc2)C(=O)N(C)[C@@H](C)C(=O)N[C@@H](CC(N)=O)C(=O)N2CCC[C@H]2C(=O)N(C)CC(=O)N[C@@H](CCC(N)=O)C(=O)N2C[C@H](O)C[C@H]2C(=O)C[C@@H](Cc2c[nH]c3ccccc23)C(=O)N[C@@H](CO)C(=O)N[C@@H](Cc2c[nH]c3ccccc23)C(=O)N1C. The standard InChI is InChI=1S/C88H123N19O21S/c1-10-12-23-67-82(122)97-61(33-48(3)4)80(120)101-66(79(119)94-42-74(91)114)46-129-47-76(116)96-62(34-50-26-28-54(109)29-27-50)83(123)103(7)49(5)77(117)98-64(39-73(90)113)86(126)106-32-18-25-69(106)87(127)102(6)44-75(115)95-60(30-31-72(89)112)85(125)107-43-55(110)38-70(107)71(111)37-51(35-52-40-92-58-21-16-14-19-56(52)58)78(118)100-65(45-108)81(121)99-63(36-53-41-93-59-22-17-15-20-57(53)59)84(124)105(9)68(24-13-11-2)88(128)104(67)8/h14-17,19-22,26-29,40-41,48-49,51,55,60-70,92-93,108-110H,10-13,18,23-25,30-39,42-47H2,1-9H3,(H2,89,112)(H2,90,113)(H2,91,114)(H,94,119)(H,95,115)(H,96,116)(H,97,122)(H,98,117)(H,99,121)(H,100,118)(H,101,120)/t49-,51+,55+,60-,61-,62-,63-,64-,65-,66-,67-,68-,69-,70-/m0/s1. The van der Waals surface area contributed by atoms with Crippen LogP contribution in [0, 0.1) is 11.8 Å². The van der Waals surface area contributed by atoms with E-state index in [1.165, 1.54) is 64.3 Å². The maximum atomic E-state index is 15.7. The number of thioether (sulfide) groups is 1. The van der Waals surface area contributed by atoms with Crippen molar-refractivity contribution in [2.24, 2.45) is 29.0 Å². The van der Waals surface area contributed by atoms with E-state index in [-0.39, 0.29) is 76.0 Å². The number of aliphatic hydroxyl groups is 2. The Morgan fingerprint density at radius 2 is 1.12 bits per heavy atom. The van der Waals surface area contributed by atoms with E-state index in [0.29, 0.717) is 64.2 Å². The van der Waals surface area contributed by atoms with Crippen LogP contribution in [0.15, 0.2) is 85.2 Å². The number of carbonyl (C=O) groups excluding carboxylic acids is 18. The second kappa shape index (κ2) is 48.0. The van der Waals surface area contributed by atoms with Crippen LogP contribution in [0.25, 0.3) is 21.8 Å². The molecule has 0 spiro atoms. The van der Waals surface area contributed by atoms with Crippen molar-refractivity contribution in [3.05, 3.63) is 102 Å². The Balaban J connectivity index is 1.17. The van der Waals surface area contributed by atoms with E-state index in [2.05, 4.69) is 52.5 Å². The fraction of sp³-hybridized carbons (Fsp3) is 0.545. The van der Waals surface area contributed by atoms with Crippen molar-refractivity contribution < 1.29 is 102 Å². The lowest BCUT2D eigenvalue weighted by Crippen LogP contribution is -2.61. The van der Waals surface area contributed by atoms with Crippen molar-refractivity contribution in [2.45, 2.75) is 222 Å². The van der Waals surface area contributed by atoms with Gasteiger partial charge in [-0.2, -0.15) is 0 Å². The van der Waals surface area contributed by atoms with Crippen LogP contribution >= 0.6 is 11.8 Å². The number of ketones is 1. The van der Waals surface area contributed by atoms with Gasteiger partial charge in [0.25, 0.3) is 0 Å². The minimum atomic E-state index is -1.86. The highest BCUT2D eigenvalue weighted by atomic mass is 32.2. The van der Waals surface area contributed by atoms with Crippen LogP contribution in [-0.2, 0) is 106 Å². The number of primary amides is 3. The van der Waals surface area contributed by atoms with Crippen molar-refractivity contribution in [3.63, 3.8) is 0 Å². The number of fused-ring (bicyclic) bond motifs is 4. The molecule has 3 aliphatic rings. The Kier molecular flexibility index (Phi) is 37.9. The van der Waals surface area contributed by atoms with Crippen molar-refractivity contribution in [1.82, 2.24) is 81.9 Å². The molecule has 0 saturated carbocycles. The number of nitrogens with two attached hydrogens (primary N) is 3. The number of hydrogen-bond acceptors (Lipinski definition) is 22. The van der Waals surface area contributed by atoms with Gasteiger partial charge >= 0.3 is 0 Å². The summed E-state index contributed by atoms with van der Waals surface area (Å²) in [5.41, 5.74) is 19.4. The Bertz CT molecular complexity index is 4890. The maximum Gasteiger partial charge on any atom is 0.246 e. The quantitative estimate of drug-likeness (QED) is 0.0342. The number of amides is 17. The highest BCUT2D eigenvalue weighted by Gasteiger charge is 2.46. The first-order valence-corrected chi connectivity index (χ1v) is 44.6. The van der Waals surface area contributed by atoms with E-state index in [9.17, 15) is 68.1 Å². The topological polar surface area (TPSA) is 593 Å². The van der Waals surface area contributed by atoms with Crippen molar-refractivity contribution in [1.29, 1.82) is 0 Å². The molecule has 40 nitrogen and oxygen atoms in total. The zero-order valence-electron chi connectivity index (χ0n) is 74.2. The van der Waals surface area contributed by atoms with Crippen molar-refractivity contribution >= 4 is 140 Å². The number of para-hydroxylation sites is 2. The molecule has 702 valence electrons. The Morgan fingerprint density at radius 1 is 0.558 bits per heavy atom. The number of nitrogens with one attached hydrogen (secondary N) is 10. The van der Waals surface area contributed by atoms with E-state index < -0.39 is 254 Å². The number of aliphatic hydroxyl groups excluding tert-OH is 2. The van der Waals surface area contributed by atoms with Crippen LogP contribution < -0.4 is 59.7 Å². The molecule has 0 unspecified atom stereocenters. The Morgan fingerprint density at radius 3 is 1.72 bits per heavy atom. The lowest BCUT2D eigenvalue weighted by molar-refractivity contribution is -0.149. The van der Waals surface area contributed by atoms with Gasteiger partial charge in [-0.25, -0.2) is 0 Å². The molecular weight excluding hydrogens is 1690 g/mol. The van der Waals surface area contributed by atoms with Crippen LogP contribution in [0.2, 0.25) is 0 Å². The minimum Gasteiger partial charge on any atom is -0.508 e. The molecule has 3 saturated heterocycles. The zero-order chi connectivity index (χ0) is 94.8. The number of hydrogen-bond donors (Lipinski definition) is 16. The van der Waals surface area contributed by atoms with Crippen LogP contribution in [0.5, 0.6) is 5.75 Å². The molecule has 5 aromatic rings. The lowest BCUT2D eigenvalue weighted by atomic mass is 9.90. The van der Waals surface area contributed by atoms with Gasteiger partial charge in [0.1, 0.15) is 72.2 Å². The van der Waals surface area contributed by atoms with Gasteiger partial charge in [-0.15, -0.1) is 11.8 Å². The number of H-pyrrole nitrogens is 2. The molecule has 5 heterocycles. The predicted octanol–water partition coefficient (Wildman–Crippen LogP) is -1.83. The van der Waals surface area contributed by atoms with Crippen LogP contribution in [0.3, 0.4) is 0 Å². The molecule has 14 atom stereocenters. The molecule has 17 amide bonds. The summed E-state index contributed by atoms with van der Waals surface area (Å²) in [4.78, 5) is 272. The number of unbranched alkanes of at least 4 members (excludes halogenated alkanes) is 2. The van der Waals surface area contributed by atoms with Gasteiger partial charge in [0, 0.05) is 119 Å². The van der Waals surface area contributed by atoms with Gasteiger partial charge in [-0.1, -0.05) is 102 Å². The average Bonchev–Trinajstić information content (AvgIpc) is 1.72. The van der Waals surface area contributed by atoms with Gasteiger partial charge in [-0.05, 0) is 98.7 Å². The number of phenols is 1. The third-order valence-corrected chi connectivity index (χ3v) is 24.5. The highest BCUT2D eigenvalue weighted by Crippen LogP contribution is 2.30. The third kappa shape index (κ3) is 28.2. The summed E-state index contributed by atoms with van der Waals surface area (Å²) in [7, 11) is 5.15. The number of aromatic amines is 2. The number of benzene rings is 3. The molecule has 2 aromatic heterocycles. The molecule has 3 fully saturated rings. The number of carbonyl (C=O) groups is 18. The number of phenolic OH excluding ortho intramolecular Hbond substituents is 1. The summed E-state index contributed by atoms with van der Waals surface area (Å²) in [5.74, 6) is -19.3. The van der Waals surface area contributed by atoms with Crippen LogP contribution in [0.4, 0.5) is 0 Å². The second-order valence-corrected chi connectivity index (χ2v) is 34.7. The number of aromatic hydroxyl groups is 1. The Labute approximate surface area is 751 Å². The smallest absolute Gasteiger partial charge is 0.246 e. The number of nitrogens with zero attached hydrogens (tertiary/aromatic N) is 6. The van der Waals surface area contributed by atoms with E-state index in [0.717, 1.165) is 36.3 Å². The Hall–Kier alpha value is -12.5. The molecule has 0 bridgehead atoms. The fourth-order valence-electron chi connectivity index (χ4n) is 16.2. The second-order valence-electron chi connectivity index (χ2n) is 33.7. The molecule has 129 heavy (non-hydrogen) atoms. The third-order valence-electron chi connectivity index (χ3n) is 23.5. The predicted molar refractivity (Wildman–Crippen MR) is 474 cm³/mol. The van der Waals surface area contributed by atoms with Crippen molar-refractivity contribution in [3.8, 4) is 5.75 Å². The first kappa shape index (κ1) is 102. The molecule has 3 aliphatic heterocycles. The molecular formula is C88H123N19O21S. The lowest BCUT2D eigenvalue weighted by Gasteiger charge is -2.36. The summed E-state index contributed by atoms with van der Waals surface area (Å²) in [6.45, 7) is 5.30. The molecule has 3 aromatic carbocycles.